The number of aryl methyl sites for hydroxylation is 1. The molecule has 0 N–H and O–H groups in total. The molecule has 0 amide bonds. The molecule has 0 bridgehead atoms. The van der Waals surface area contributed by atoms with Crippen molar-refractivity contribution < 1.29 is 19.0 Å². The molecule has 2 heterocycles. The zero-order chi connectivity index (χ0) is 27.4. The maximum Gasteiger partial charge on any atom is 0.338 e. The first kappa shape index (κ1) is 28.1. The highest BCUT2D eigenvalue weighted by Gasteiger charge is 2.33. The highest BCUT2D eigenvalue weighted by atomic mass is 127. The molecule has 0 fully saturated rings. The van der Waals surface area contributed by atoms with Crippen molar-refractivity contribution in [2.75, 3.05) is 19.8 Å². The second-order valence-electron chi connectivity index (χ2n) is 8.82. The van der Waals surface area contributed by atoms with E-state index >= 15 is 0 Å². The molecule has 0 spiro atoms. The van der Waals surface area contributed by atoms with E-state index in [2.05, 4.69) is 34.5 Å². The number of hydrogen-bond acceptors (Lipinski definition) is 7. The second-order valence-corrected chi connectivity index (χ2v) is 11.0. The van der Waals surface area contributed by atoms with E-state index in [4.69, 9.17) is 14.2 Å². The van der Waals surface area contributed by atoms with E-state index in [1.165, 1.54) is 11.3 Å². The van der Waals surface area contributed by atoms with Crippen molar-refractivity contribution in [3.63, 3.8) is 0 Å². The monoisotopic (exact) mass is 646 g/mol. The fraction of sp³-hybridized carbons (Fsp3) is 0.345. The Morgan fingerprint density at radius 3 is 2.50 bits per heavy atom. The highest BCUT2D eigenvalue weighted by molar-refractivity contribution is 14.1. The first-order chi connectivity index (χ1) is 18.3. The van der Waals surface area contributed by atoms with E-state index in [0.717, 1.165) is 26.7 Å². The molecule has 0 saturated heterocycles. The van der Waals surface area contributed by atoms with Gasteiger partial charge in [0.05, 0.1) is 45.2 Å². The average Bonchev–Trinajstić information content (AvgIpc) is 3.17. The molecule has 9 heteroatoms. The zero-order valence-corrected chi connectivity index (χ0v) is 25.1. The molecule has 4 rings (SSSR count). The van der Waals surface area contributed by atoms with E-state index in [1.807, 2.05) is 56.3 Å². The van der Waals surface area contributed by atoms with Gasteiger partial charge in [-0.15, -0.1) is 0 Å². The Kier molecular flexibility index (Phi) is 9.09. The third-order valence-electron chi connectivity index (χ3n) is 5.99. The van der Waals surface area contributed by atoms with Crippen LogP contribution in [0.2, 0.25) is 0 Å². The SMILES string of the molecule is CCCOc1c(I)cc(/C=c2/sc3n(c2=O)[C@@H](c2ccc(C)cc2)C(C(=O)OCC)=C(C)N=3)cc1OCC. The highest BCUT2D eigenvalue weighted by Crippen LogP contribution is 2.35. The minimum absolute atomic E-state index is 0.215. The van der Waals surface area contributed by atoms with Crippen LogP contribution in [0.3, 0.4) is 0 Å². The maximum absolute atomic E-state index is 13.9. The zero-order valence-electron chi connectivity index (χ0n) is 22.2. The van der Waals surface area contributed by atoms with E-state index in [1.54, 1.807) is 18.4 Å². The Morgan fingerprint density at radius 1 is 1.11 bits per heavy atom. The number of fused-ring (bicyclic) bond motifs is 1. The van der Waals surface area contributed by atoms with Crippen LogP contribution in [0.4, 0.5) is 0 Å². The average molecular weight is 647 g/mol. The number of ether oxygens (including phenoxy) is 3. The van der Waals surface area contributed by atoms with E-state index < -0.39 is 12.0 Å². The molecule has 200 valence electrons. The fourth-order valence-electron chi connectivity index (χ4n) is 4.29. The van der Waals surface area contributed by atoms with Gasteiger partial charge in [-0.25, -0.2) is 9.79 Å². The summed E-state index contributed by atoms with van der Waals surface area (Å²) in [7, 11) is 0. The standard InChI is InChI=1S/C29H31IN2O5S/c1-6-13-37-26-21(30)14-19(15-22(26)35-7-2)16-23-27(33)32-25(20-11-9-17(4)10-12-20)24(28(34)36-8-3)18(5)31-29(32)38-23/h9-12,14-16,25H,6-8,13H2,1-5H3/b23-16+/t25-/m0/s1. The predicted molar refractivity (Wildman–Crippen MR) is 158 cm³/mol. The lowest BCUT2D eigenvalue weighted by atomic mass is 9.95. The third kappa shape index (κ3) is 5.73. The van der Waals surface area contributed by atoms with E-state index in [0.29, 0.717) is 45.3 Å². The second kappa shape index (κ2) is 12.3. The molecule has 1 aliphatic heterocycles. The number of thiazole rings is 1. The molecule has 7 nitrogen and oxygen atoms in total. The van der Waals surface area contributed by atoms with Crippen molar-refractivity contribution in [1.29, 1.82) is 0 Å². The van der Waals surface area contributed by atoms with Gasteiger partial charge in [0, 0.05) is 0 Å². The van der Waals surface area contributed by atoms with Crippen LogP contribution < -0.4 is 24.4 Å². The van der Waals surface area contributed by atoms with Gasteiger partial charge in [0.1, 0.15) is 0 Å². The number of aromatic nitrogens is 1. The smallest absolute Gasteiger partial charge is 0.338 e. The van der Waals surface area contributed by atoms with Crippen molar-refractivity contribution >= 4 is 46.0 Å². The Balaban J connectivity index is 1.89. The minimum Gasteiger partial charge on any atom is -0.490 e. The Hall–Kier alpha value is -2.92. The molecule has 1 aromatic heterocycles. The lowest BCUT2D eigenvalue weighted by Gasteiger charge is -2.24. The summed E-state index contributed by atoms with van der Waals surface area (Å²) >= 11 is 3.53. The van der Waals surface area contributed by atoms with Gasteiger partial charge >= 0.3 is 5.97 Å². The van der Waals surface area contributed by atoms with Gasteiger partial charge in [-0.1, -0.05) is 48.1 Å². The first-order valence-corrected chi connectivity index (χ1v) is 14.5. The minimum atomic E-state index is -0.628. The Bertz CT molecular complexity index is 1550. The summed E-state index contributed by atoms with van der Waals surface area (Å²) in [5, 5.41) is 0. The van der Waals surface area contributed by atoms with Crippen LogP contribution in [-0.2, 0) is 9.53 Å². The van der Waals surface area contributed by atoms with Crippen molar-refractivity contribution in [3.8, 4) is 11.5 Å². The first-order valence-electron chi connectivity index (χ1n) is 12.6. The summed E-state index contributed by atoms with van der Waals surface area (Å²) < 4.78 is 20.2. The predicted octanol–water partition coefficient (Wildman–Crippen LogP) is 4.90. The van der Waals surface area contributed by atoms with Crippen LogP contribution in [-0.4, -0.2) is 30.4 Å². The van der Waals surface area contributed by atoms with Gasteiger partial charge in [0.15, 0.2) is 16.3 Å². The van der Waals surface area contributed by atoms with Gasteiger partial charge in [0.2, 0.25) is 0 Å². The molecule has 38 heavy (non-hydrogen) atoms. The summed E-state index contributed by atoms with van der Waals surface area (Å²) in [6.45, 7) is 10.9. The number of allylic oxidation sites excluding steroid dienone is 1. The van der Waals surface area contributed by atoms with Crippen molar-refractivity contribution in [3.05, 3.63) is 87.6 Å². The van der Waals surface area contributed by atoms with Crippen LogP contribution in [0.1, 0.15) is 56.8 Å². The van der Waals surface area contributed by atoms with Gasteiger partial charge < -0.3 is 14.2 Å². The number of nitrogens with zero attached hydrogens (tertiary/aromatic N) is 2. The van der Waals surface area contributed by atoms with Crippen molar-refractivity contribution in [1.82, 2.24) is 4.57 Å². The molecule has 0 unspecified atom stereocenters. The topological polar surface area (TPSA) is 79.1 Å². The van der Waals surface area contributed by atoms with Crippen LogP contribution in [0.15, 0.2) is 57.5 Å². The largest absolute Gasteiger partial charge is 0.490 e. The van der Waals surface area contributed by atoms with Crippen LogP contribution in [0.25, 0.3) is 6.08 Å². The summed E-state index contributed by atoms with van der Waals surface area (Å²) in [5.41, 5.74) is 3.44. The summed E-state index contributed by atoms with van der Waals surface area (Å²) in [6.07, 6.45) is 2.73. The molecule has 2 aromatic carbocycles. The van der Waals surface area contributed by atoms with Gasteiger partial charge in [-0.2, -0.15) is 0 Å². The number of esters is 1. The third-order valence-corrected chi connectivity index (χ3v) is 7.77. The molecule has 0 saturated carbocycles. The van der Waals surface area contributed by atoms with Crippen LogP contribution in [0, 0.1) is 10.5 Å². The van der Waals surface area contributed by atoms with Crippen molar-refractivity contribution in [2.24, 2.45) is 4.99 Å². The maximum atomic E-state index is 13.9. The molecule has 3 aromatic rings. The summed E-state index contributed by atoms with van der Waals surface area (Å²) in [5.74, 6) is 0.888. The summed E-state index contributed by atoms with van der Waals surface area (Å²) in [4.78, 5) is 32.1. The normalized spacial score (nSPS) is 15.2. The van der Waals surface area contributed by atoms with Gasteiger partial charge in [0.25, 0.3) is 5.56 Å². The molecular formula is C29H31IN2O5S. The fourth-order valence-corrected chi connectivity index (χ4v) is 6.11. The Morgan fingerprint density at radius 2 is 1.84 bits per heavy atom. The summed E-state index contributed by atoms with van der Waals surface area (Å²) in [6, 6.07) is 11.1. The number of carbonyl (C=O) groups excluding carboxylic acids is 1. The van der Waals surface area contributed by atoms with Crippen LogP contribution in [0.5, 0.6) is 11.5 Å². The van der Waals surface area contributed by atoms with E-state index in [9.17, 15) is 9.59 Å². The van der Waals surface area contributed by atoms with Crippen LogP contribution >= 0.6 is 33.9 Å². The molecule has 0 radical (unpaired) electrons. The van der Waals surface area contributed by atoms with Gasteiger partial charge in [-0.05, 0) is 86.0 Å². The number of carbonyl (C=O) groups is 1. The molecule has 0 aliphatic carbocycles. The number of hydrogen-bond donors (Lipinski definition) is 0. The van der Waals surface area contributed by atoms with Crippen molar-refractivity contribution in [2.45, 2.75) is 47.1 Å². The molecule has 1 atom stereocenters. The van der Waals surface area contributed by atoms with Gasteiger partial charge in [-0.3, -0.25) is 9.36 Å². The molecular weight excluding hydrogens is 615 g/mol. The quantitative estimate of drug-likeness (QED) is 0.244. The lowest BCUT2D eigenvalue weighted by Crippen LogP contribution is -2.39. The lowest BCUT2D eigenvalue weighted by molar-refractivity contribution is -0.139. The Labute approximate surface area is 239 Å². The number of halogens is 1. The number of benzene rings is 2. The molecule has 1 aliphatic rings. The van der Waals surface area contributed by atoms with E-state index in [-0.39, 0.29) is 12.2 Å². The number of rotatable bonds is 9.